The highest BCUT2D eigenvalue weighted by molar-refractivity contribution is 14.1. The average Bonchev–Trinajstić information content (AvgIpc) is 2.85. The molecule has 0 fully saturated rings. The van der Waals surface area contributed by atoms with Crippen LogP contribution in [0.15, 0.2) is 40.9 Å². The van der Waals surface area contributed by atoms with Crippen LogP contribution in [0.2, 0.25) is 5.02 Å². The fraction of sp³-hybridized carbons (Fsp3) is 0.350. The first-order valence-electron chi connectivity index (χ1n) is 8.85. The maximum Gasteiger partial charge on any atom is 0.268 e. The van der Waals surface area contributed by atoms with Gasteiger partial charge in [-0.2, -0.15) is 0 Å². The van der Waals surface area contributed by atoms with E-state index >= 15 is 0 Å². The van der Waals surface area contributed by atoms with E-state index in [0.717, 1.165) is 28.9 Å². The summed E-state index contributed by atoms with van der Waals surface area (Å²) in [5.41, 5.74) is -0.112. The summed E-state index contributed by atoms with van der Waals surface area (Å²) in [5, 5.41) is 12.0. The number of halogens is 3. The number of carbonyl (C=O) groups is 1. The molecular weight excluding hydrogens is 542 g/mol. The van der Waals surface area contributed by atoms with E-state index in [0.29, 0.717) is 27.2 Å². The normalized spacial score (nSPS) is 19.1. The summed E-state index contributed by atoms with van der Waals surface area (Å²) in [7, 11) is 0. The molecule has 4 nitrogen and oxygen atoms in total. The minimum atomic E-state index is -1.81. The van der Waals surface area contributed by atoms with Crippen molar-refractivity contribution in [1.29, 1.82) is 0 Å². The van der Waals surface area contributed by atoms with E-state index in [2.05, 4.69) is 57.3 Å². The first-order chi connectivity index (χ1) is 12.8. The highest BCUT2D eigenvalue weighted by Gasteiger charge is 2.53. The molecule has 1 aliphatic rings. The van der Waals surface area contributed by atoms with Gasteiger partial charge in [-0.25, -0.2) is 0 Å². The van der Waals surface area contributed by atoms with E-state index in [1.807, 2.05) is 12.1 Å². The SMILES string of the molecule is CCN(CC)CCN1C(=O)C(O)(c2ccccc2Cl)c2c(Br)cc(I)cc21. The molecule has 3 rings (SSSR count). The van der Waals surface area contributed by atoms with Gasteiger partial charge < -0.3 is 14.9 Å². The van der Waals surface area contributed by atoms with Crippen molar-refractivity contribution in [2.24, 2.45) is 0 Å². The van der Waals surface area contributed by atoms with Crippen LogP contribution in [0.25, 0.3) is 0 Å². The van der Waals surface area contributed by atoms with Crippen LogP contribution in [-0.2, 0) is 10.4 Å². The smallest absolute Gasteiger partial charge is 0.268 e. The molecule has 0 radical (unpaired) electrons. The van der Waals surface area contributed by atoms with Gasteiger partial charge in [0.05, 0.1) is 5.69 Å². The highest BCUT2D eigenvalue weighted by atomic mass is 127. The van der Waals surface area contributed by atoms with E-state index in [1.165, 1.54) is 0 Å². The Balaban J connectivity index is 2.13. The molecule has 0 aliphatic carbocycles. The Morgan fingerprint density at radius 2 is 1.93 bits per heavy atom. The van der Waals surface area contributed by atoms with Crippen molar-refractivity contribution in [3.05, 3.63) is 60.6 Å². The Morgan fingerprint density at radius 1 is 1.26 bits per heavy atom. The van der Waals surface area contributed by atoms with E-state index in [4.69, 9.17) is 11.6 Å². The predicted molar refractivity (Wildman–Crippen MR) is 121 cm³/mol. The maximum absolute atomic E-state index is 13.5. The molecule has 0 saturated heterocycles. The number of hydrogen-bond acceptors (Lipinski definition) is 3. The molecule has 1 aliphatic heterocycles. The summed E-state index contributed by atoms with van der Waals surface area (Å²) in [6.45, 7) is 7.27. The van der Waals surface area contributed by atoms with Gasteiger partial charge in [-0.3, -0.25) is 4.79 Å². The Morgan fingerprint density at radius 3 is 2.56 bits per heavy atom. The summed E-state index contributed by atoms with van der Waals surface area (Å²) >= 11 is 12.2. The first kappa shape index (κ1) is 21.0. The summed E-state index contributed by atoms with van der Waals surface area (Å²) in [5.74, 6) is -0.361. The highest BCUT2D eigenvalue weighted by Crippen LogP contribution is 2.49. The topological polar surface area (TPSA) is 43.8 Å². The van der Waals surface area contributed by atoms with E-state index in [1.54, 1.807) is 29.2 Å². The number of benzene rings is 2. The van der Waals surface area contributed by atoms with Crippen molar-refractivity contribution in [2.75, 3.05) is 31.1 Å². The zero-order valence-electron chi connectivity index (χ0n) is 15.2. The van der Waals surface area contributed by atoms with Crippen molar-refractivity contribution in [1.82, 2.24) is 4.90 Å². The molecule has 1 unspecified atom stereocenters. The van der Waals surface area contributed by atoms with E-state index < -0.39 is 5.60 Å². The number of aliphatic hydroxyl groups is 1. The molecular formula is C20H21BrClIN2O2. The maximum atomic E-state index is 13.5. The van der Waals surface area contributed by atoms with Gasteiger partial charge in [-0.1, -0.05) is 59.6 Å². The summed E-state index contributed by atoms with van der Waals surface area (Å²) in [6, 6.07) is 10.8. The number of amides is 1. The number of fused-ring (bicyclic) bond motifs is 1. The molecule has 2 aromatic rings. The van der Waals surface area contributed by atoms with Gasteiger partial charge in [-0.15, -0.1) is 0 Å². The number of anilines is 1. The molecule has 1 amide bonds. The van der Waals surface area contributed by atoms with Crippen molar-refractivity contribution >= 4 is 61.7 Å². The second-order valence-corrected chi connectivity index (χ2v) is 8.96. The first-order valence-corrected chi connectivity index (χ1v) is 11.1. The van der Waals surface area contributed by atoms with Gasteiger partial charge >= 0.3 is 0 Å². The number of hydrogen-bond donors (Lipinski definition) is 1. The Kier molecular flexibility index (Phi) is 6.52. The molecule has 7 heteroatoms. The molecule has 1 atom stereocenters. The summed E-state index contributed by atoms with van der Waals surface area (Å²) in [4.78, 5) is 17.4. The third kappa shape index (κ3) is 3.67. The standard InChI is InChI=1S/C20H21BrClIN2O2/c1-3-24(4-2)9-10-25-17-12-13(23)11-15(21)18(17)20(27,19(25)26)14-7-5-6-8-16(14)22/h5-8,11-12,27H,3-4,9-10H2,1-2H3. The van der Waals surface area contributed by atoms with Gasteiger partial charge in [0, 0.05) is 37.3 Å². The van der Waals surface area contributed by atoms with Crippen LogP contribution in [0.3, 0.4) is 0 Å². The van der Waals surface area contributed by atoms with Crippen LogP contribution in [0.1, 0.15) is 25.0 Å². The zero-order valence-corrected chi connectivity index (χ0v) is 19.7. The van der Waals surface area contributed by atoms with Crippen LogP contribution >= 0.6 is 50.1 Å². The van der Waals surface area contributed by atoms with Crippen LogP contribution in [0, 0.1) is 3.57 Å². The van der Waals surface area contributed by atoms with Gasteiger partial charge in [0.15, 0.2) is 5.60 Å². The lowest BCUT2D eigenvalue weighted by Gasteiger charge is -2.26. The van der Waals surface area contributed by atoms with E-state index in [9.17, 15) is 9.90 Å². The van der Waals surface area contributed by atoms with E-state index in [-0.39, 0.29) is 5.91 Å². The second kappa shape index (κ2) is 8.37. The number of carbonyl (C=O) groups excluding carboxylic acids is 1. The quantitative estimate of drug-likeness (QED) is 0.522. The van der Waals surface area contributed by atoms with Crippen LogP contribution in [-0.4, -0.2) is 42.1 Å². The van der Waals surface area contributed by atoms with Crippen molar-refractivity contribution in [3.63, 3.8) is 0 Å². The number of rotatable bonds is 6. The minimum Gasteiger partial charge on any atom is -0.372 e. The summed E-state index contributed by atoms with van der Waals surface area (Å²) < 4.78 is 1.69. The van der Waals surface area contributed by atoms with Gasteiger partial charge in [-0.05, 0) is 53.9 Å². The molecule has 27 heavy (non-hydrogen) atoms. The second-order valence-electron chi connectivity index (χ2n) is 6.46. The van der Waals surface area contributed by atoms with Crippen molar-refractivity contribution in [2.45, 2.75) is 19.4 Å². The fourth-order valence-corrected chi connectivity index (χ4v) is 5.59. The monoisotopic (exact) mass is 562 g/mol. The molecule has 0 bridgehead atoms. The molecule has 1 N–H and O–H groups in total. The third-order valence-electron chi connectivity index (χ3n) is 5.04. The van der Waals surface area contributed by atoms with Crippen LogP contribution < -0.4 is 4.90 Å². The number of nitrogens with zero attached hydrogens (tertiary/aromatic N) is 2. The minimum absolute atomic E-state index is 0.361. The predicted octanol–water partition coefficient (Wildman–Crippen LogP) is 4.63. The average molecular weight is 564 g/mol. The molecule has 2 aromatic carbocycles. The Bertz CT molecular complexity index is 875. The van der Waals surface area contributed by atoms with Crippen molar-refractivity contribution < 1.29 is 9.90 Å². The van der Waals surface area contributed by atoms with Gasteiger partial charge in [0.25, 0.3) is 5.91 Å². The molecule has 144 valence electrons. The molecule has 0 spiro atoms. The molecule has 1 heterocycles. The fourth-order valence-electron chi connectivity index (χ4n) is 3.55. The lowest BCUT2D eigenvalue weighted by Crippen LogP contribution is -2.44. The van der Waals surface area contributed by atoms with Gasteiger partial charge in [0.2, 0.25) is 0 Å². The largest absolute Gasteiger partial charge is 0.372 e. The van der Waals surface area contributed by atoms with Crippen molar-refractivity contribution in [3.8, 4) is 0 Å². The summed E-state index contributed by atoms with van der Waals surface area (Å²) in [6.07, 6.45) is 0. The third-order valence-corrected chi connectivity index (χ3v) is 6.62. The zero-order chi connectivity index (χ0) is 19.8. The lowest BCUT2D eigenvalue weighted by atomic mass is 9.87. The Labute approximate surface area is 186 Å². The van der Waals surface area contributed by atoms with Gasteiger partial charge in [0.1, 0.15) is 0 Å². The van der Waals surface area contributed by atoms with Crippen LogP contribution in [0.5, 0.6) is 0 Å². The van der Waals surface area contributed by atoms with Crippen LogP contribution in [0.4, 0.5) is 5.69 Å². The number of likely N-dealkylation sites (N-methyl/N-ethyl adjacent to an activating group) is 1. The molecule has 0 saturated carbocycles. The molecule has 0 aromatic heterocycles. The Hall–Kier alpha value is -0.670. The lowest BCUT2D eigenvalue weighted by molar-refractivity contribution is -0.132.